The molecule has 0 spiro atoms. The van der Waals surface area contributed by atoms with Crippen molar-refractivity contribution in [1.82, 2.24) is 0 Å². The van der Waals surface area contributed by atoms with Crippen LogP contribution in [-0.4, -0.2) is 143 Å². The molecule has 12 heteroatoms. The number of carbonyl (C=O) groups is 1. The lowest BCUT2D eigenvalue weighted by atomic mass is 10.1. The Kier molecular flexibility index (Phi) is 42.9. The van der Waals surface area contributed by atoms with Crippen molar-refractivity contribution in [2.75, 3.05) is 126 Å². The summed E-state index contributed by atoms with van der Waals surface area (Å²) in [6, 6.07) is 0. The molecule has 12 nitrogen and oxygen atoms in total. The largest absolute Gasteiger partial charge is 0.463 e. The van der Waals surface area contributed by atoms with Gasteiger partial charge < -0.3 is 52.5 Å². The Morgan fingerprint density at radius 3 is 1.34 bits per heavy atom. The molecule has 0 saturated carbocycles. The smallest absolute Gasteiger partial charge is 0.305 e. The lowest BCUT2D eigenvalue weighted by Gasteiger charge is -2.09. The minimum absolute atomic E-state index is 0.163. The molecule has 50 heavy (non-hydrogen) atoms. The highest BCUT2D eigenvalue weighted by molar-refractivity contribution is 5.69. The number of allylic oxidation sites excluding steroid dienone is 1. The number of unbranched alkanes of at least 4 members (excludes halogenated alkanes) is 8. The van der Waals surface area contributed by atoms with E-state index in [1.165, 1.54) is 19.3 Å². The molecule has 0 rings (SSSR count). The van der Waals surface area contributed by atoms with E-state index >= 15 is 0 Å². The second-order valence-electron chi connectivity index (χ2n) is 11.8. The number of esters is 1. The van der Waals surface area contributed by atoms with Gasteiger partial charge in [-0.05, 0) is 39.0 Å². The molecule has 0 unspecified atom stereocenters. The molecule has 1 N–H and O–H groups in total. The lowest BCUT2D eigenvalue weighted by molar-refractivity contribution is -0.145. The summed E-state index contributed by atoms with van der Waals surface area (Å²) < 4.78 is 54.0. The molecule has 0 bridgehead atoms. The summed E-state index contributed by atoms with van der Waals surface area (Å²) in [5.74, 6) is -0.163. The second kappa shape index (κ2) is 44.0. The molecule has 0 heterocycles. The van der Waals surface area contributed by atoms with Crippen LogP contribution in [0, 0.1) is 0 Å². The van der Waals surface area contributed by atoms with Gasteiger partial charge in [0.05, 0.1) is 118 Å². The maximum Gasteiger partial charge on any atom is 0.305 e. The van der Waals surface area contributed by atoms with Crippen LogP contribution in [0.1, 0.15) is 97.3 Å². The molecule has 0 aromatic carbocycles. The molecular formula is C38H74O12. The summed E-state index contributed by atoms with van der Waals surface area (Å²) >= 11 is 0. The number of aliphatic hydroxyl groups is 1. The van der Waals surface area contributed by atoms with E-state index < -0.39 is 0 Å². The van der Waals surface area contributed by atoms with Gasteiger partial charge in [0.1, 0.15) is 6.61 Å². The Morgan fingerprint density at radius 2 is 0.880 bits per heavy atom. The molecule has 0 radical (unpaired) electrons. The van der Waals surface area contributed by atoms with E-state index in [1.54, 1.807) is 0 Å². The highest BCUT2D eigenvalue weighted by Gasteiger charge is 2.03. The fraction of sp³-hybridized carbons (Fsp3) is 0.921. The number of aliphatic hydroxyl groups excluding tert-OH is 1. The first kappa shape index (κ1) is 48.8. The molecule has 0 saturated heterocycles. The second-order valence-corrected chi connectivity index (χ2v) is 11.8. The highest BCUT2D eigenvalue weighted by atomic mass is 16.6. The first-order chi connectivity index (χ1) is 24.7. The number of ether oxygens (including phenoxy) is 10. The number of hydrogen-bond donors (Lipinski definition) is 1. The zero-order valence-corrected chi connectivity index (χ0v) is 31.8. The van der Waals surface area contributed by atoms with Gasteiger partial charge >= 0.3 is 5.97 Å². The van der Waals surface area contributed by atoms with Crippen LogP contribution in [0.15, 0.2) is 12.2 Å². The van der Waals surface area contributed by atoms with Crippen molar-refractivity contribution in [3.63, 3.8) is 0 Å². The maximum absolute atomic E-state index is 11.9. The van der Waals surface area contributed by atoms with Crippen molar-refractivity contribution in [3.8, 4) is 0 Å². The van der Waals surface area contributed by atoms with Gasteiger partial charge in [0.25, 0.3) is 0 Å². The van der Waals surface area contributed by atoms with Crippen LogP contribution in [0.4, 0.5) is 0 Å². The zero-order valence-electron chi connectivity index (χ0n) is 31.8. The molecule has 0 aromatic rings. The van der Waals surface area contributed by atoms with Crippen LogP contribution >= 0.6 is 0 Å². The monoisotopic (exact) mass is 723 g/mol. The Balaban J connectivity index is 3.20. The van der Waals surface area contributed by atoms with E-state index in [0.717, 1.165) is 57.8 Å². The predicted octanol–water partition coefficient (Wildman–Crippen LogP) is 5.71. The first-order valence-electron chi connectivity index (χ1n) is 19.4. The standard InChI is InChI=1S/C38H74O12/c1-3-5-6-13-16-37(39)17-14-11-9-7-8-10-12-15-18-38(40)50-36-35-49-34-33-48-32-31-47-30-29-46-28-27-45-26-25-44-24-23-43-22-21-42-20-19-41-4-2/h11,14,37,39H,3-10,12-13,15-36H2,1-2H3/b14-11-/t37-/m1/s1. The quantitative estimate of drug-likeness (QED) is 0.0471. The van der Waals surface area contributed by atoms with E-state index in [4.69, 9.17) is 47.4 Å². The van der Waals surface area contributed by atoms with Crippen LogP contribution in [0.2, 0.25) is 0 Å². The van der Waals surface area contributed by atoms with Gasteiger partial charge in [-0.2, -0.15) is 0 Å². The highest BCUT2D eigenvalue weighted by Crippen LogP contribution is 2.11. The Bertz CT molecular complexity index is 682. The predicted molar refractivity (Wildman–Crippen MR) is 195 cm³/mol. The van der Waals surface area contributed by atoms with Crippen LogP contribution in [0.3, 0.4) is 0 Å². The zero-order chi connectivity index (χ0) is 36.3. The van der Waals surface area contributed by atoms with Crippen molar-refractivity contribution >= 4 is 5.97 Å². The molecule has 0 aliphatic carbocycles. The Labute approximate surface area is 304 Å². The normalized spacial score (nSPS) is 12.3. The van der Waals surface area contributed by atoms with Crippen LogP contribution in [0.5, 0.6) is 0 Å². The van der Waals surface area contributed by atoms with Crippen molar-refractivity contribution < 1.29 is 57.3 Å². The third-order valence-electron chi connectivity index (χ3n) is 7.39. The van der Waals surface area contributed by atoms with Crippen LogP contribution in [-0.2, 0) is 52.2 Å². The van der Waals surface area contributed by atoms with Gasteiger partial charge in [-0.15, -0.1) is 0 Å². The van der Waals surface area contributed by atoms with Gasteiger partial charge in [-0.1, -0.05) is 64.0 Å². The summed E-state index contributed by atoms with van der Waals surface area (Å²) in [6.07, 6.45) is 17.5. The molecule has 1 atom stereocenters. The average Bonchev–Trinajstić information content (AvgIpc) is 3.12. The first-order valence-corrected chi connectivity index (χ1v) is 19.4. The summed E-state index contributed by atoms with van der Waals surface area (Å²) in [4.78, 5) is 11.9. The molecule has 0 aromatic heterocycles. The Hall–Kier alpha value is -1.19. The van der Waals surface area contributed by atoms with Crippen molar-refractivity contribution in [2.24, 2.45) is 0 Å². The van der Waals surface area contributed by atoms with Gasteiger partial charge in [0, 0.05) is 13.0 Å². The van der Waals surface area contributed by atoms with E-state index in [9.17, 15) is 9.90 Å². The molecule has 0 fully saturated rings. The molecule has 0 aliphatic rings. The van der Waals surface area contributed by atoms with Crippen molar-refractivity contribution in [2.45, 2.75) is 103 Å². The summed E-state index contributed by atoms with van der Waals surface area (Å²) in [5.41, 5.74) is 0. The summed E-state index contributed by atoms with van der Waals surface area (Å²) in [5, 5.41) is 9.99. The van der Waals surface area contributed by atoms with Crippen molar-refractivity contribution in [3.05, 3.63) is 12.2 Å². The van der Waals surface area contributed by atoms with Crippen LogP contribution in [0.25, 0.3) is 0 Å². The SMILES string of the molecule is CCCCCC[C@@H](O)C/C=C\CCCCCCCC(=O)OCCOCCOCCOCCOCCOCCOCCOCCOCCOCC. The van der Waals surface area contributed by atoms with E-state index in [2.05, 4.69) is 19.1 Å². The van der Waals surface area contributed by atoms with Crippen LogP contribution < -0.4 is 0 Å². The van der Waals surface area contributed by atoms with Crippen molar-refractivity contribution in [1.29, 1.82) is 0 Å². The molecule has 0 amide bonds. The molecule has 0 aliphatic heterocycles. The summed E-state index contributed by atoms with van der Waals surface area (Å²) in [7, 11) is 0. The fourth-order valence-corrected chi connectivity index (χ4v) is 4.55. The van der Waals surface area contributed by atoms with E-state index in [1.807, 2.05) is 6.92 Å². The third kappa shape index (κ3) is 43.0. The number of rotatable bonds is 43. The lowest BCUT2D eigenvalue weighted by Crippen LogP contribution is -2.15. The minimum Gasteiger partial charge on any atom is -0.463 e. The number of carbonyl (C=O) groups excluding carboxylic acids is 1. The van der Waals surface area contributed by atoms with Gasteiger partial charge in [0.2, 0.25) is 0 Å². The average molecular weight is 723 g/mol. The van der Waals surface area contributed by atoms with Gasteiger partial charge in [0.15, 0.2) is 0 Å². The van der Waals surface area contributed by atoms with Gasteiger partial charge in [-0.25, -0.2) is 0 Å². The summed E-state index contributed by atoms with van der Waals surface area (Å²) in [6.45, 7) is 13.8. The van der Waals surface area contributed by atoms with E-state index in [0.29, 0.717) is 125 Å². The third-order valence-corrected chi connectivity index (χ3v) is 7.39. The van der Waals surface area contributed by atoms with E-state index in [-0.39, 0.29) is 18.7 Å². The van der Waals surface area contributed by atoms with Gasteiger partial charge in [-0.3, -0.25) is 4.79 Å². The number of hydrogen-bond acceptors (Lipinski definition) is 12. The Morgan fingerprint density at radius 1 is 0.480 bits per heavy atom. The minimum atomic E-state index is -0.196. The molecule has 298 valence electrons. The fourth-order valence-electron chi connectivity index (χ4n) is 4.55. The molecular weight excluding hydrogens is 648 g/mol. The maximum atomic E-state index is 11.9. The topological polar surface area (TPSA) is 130 Å².